The van der Waals surface area contributed by atoms with Gasteiger partial charge in [0.1, 0.15) is 5.75 Å². The monoisotopic (exact) mass is 453 g/mol. The van der Waals surface area contributed by atoms with Gasteiger partial charge in [0.25, 0.3) is 0 Å². The van der Waals surface area contributed by atoms with Crippen LogP contribution in [0.1, 0.15) is 35.2 Å². The largest absolute Gasteiger partial charge is 1.00 e. The Balaban J connectivity index is 0.00000312. The lowest BCUT2D eigenvalue weighted by molar-refractivity contribution is -0.870. The normalized spacial score (nSPS) is 12.2. The van der Waals surface area contributed by atoms with Gasteiger partial charge in [-0.05, 0) is 36.2 Å². The second-order valence-corrected chi connectivity index (χ2v) is 7.17. The maximum atomic E-state index is 13.1. The van der Waals surface area contributed by atoms with Crippen molar-refractivity contribution in [3.05, 3.63) is 65.7 Å². The summed E-state index contributed by atoms with van der Waals surface area (Å²) >= 11 is 0. The molecule has 1 unspecified atom stereocenters. The summed E-state index contributed by atoms with van der Waals surface area (Å²) < 4.78 is 6.34. The van der Waals surface area contributed by atoms with Crippen molar-refractivity contribution in [2.24, 2.45) is 0 Å². The lowest BCUT2D eigenvalue weighted by atomic mass is 9.90. The standard InChI is InChI=1S/C21H28NO2.HI/c1-5-15-24-19-13-11-18(12-14-19)21(23)20(16-22(2,3)4)17-9-7-6-8-10-17;/h6-14,20H,5,15-16H2,1-4H3;1H/q+1;/p-1. The van der Waals surface area contributed by atoms with Gasteiger partial charge in [-0.2, -0.15) is 0 Å². The van der Waals surface area contributed by atoms with Crippen molar-refractivity contribution in [3.8, 4) is 5.75 Å². The van der Waals surface area contributed by atoms with Gasteiger partial charge in [-0.15, -0.1) is 0 Å². The maximum Gasteiger partial charge on any atom is 0.175 e. The molecule has 4 heteroatoms. The second kappa shape index (κ2) is 9.92. The predicted molar refractivity (Wildman–Crippen MR) is 98.6 cm³/mol. The van der Waals surface area contributed by atoms with Gasteiger partial charge in [0.15, 0.2) is 5.78 Å². The second-order valence-electron chi connectivity index (χ2n) is 7.17. The van der Waals surface area contributed by atoms with Gasteiger partial charge in [0.05, 0.1) is 40.2 Å². The number of benzene rings is 2. The molecule has 0 fully saturated rings. The fourth-order valence-corrected chi connectivity index (χ4v) is 2.71. The van der Waals surface area contributed by atoms with Crippen molar-refractivity contribution in [3.63, 3.8) is 0 Å². The SMILES string of the molecule is CCCOc1ccc(C(=O)C(C[N+](C)(C)C)c2ccccc2)cc1.[I-]. The van der Waals surface area contributed by atoms with Crippen LogP contribution >= 0.6 is 0 Å². The van der Waals surface area contributed by atoms with E-state index >= 15 is 0 Å². The van der Waals surface area contributed by atoms with E-state index in [1.807, 2.05) is 54.6 Å². The zero-order valence-electron chi connectivity index (χ0n) is 15.5. The molecule has 0 aliphatic rings. The van der Waals surface area contributed by atoms with E-state index in [1.54, 1.807) is 0 Å². The fourth-order valence-electron chi connectivity index (χ4n) is 2.71. The Kier molecular flexibility index (Phi) is 8.59. The van der Waals surface area contributed by atoms with Gasteiger partial charge in [-0.3, -0.25) is 4.79 Å². The molecule has 0 heterocycles. The number of quaternary nitrogens is 1. The molecule has 2 aromatic rings. The summed E-state index contributed by atoms with van der Waals surface area (Å²) in [5.74, 6) is 0.834. The van der Waals surface area contributed by atoms with Crippen LogP contribution in [0.25, 0.3) is 0 Å². The average molecular weight is 453 g/mol. The van der Waals surface area contributed by atoms with Crippen LogP contribution in [0, 0.1) is 0 Å². The van der Waals surface area contributed by atoms with Crippen LogP contribution in [0.2, 0.25) is 0 Å². The summed E-state index contributed by atoms with van der Waals surface area (Å²) in [6, 6.07) is 17.6. The van der Waals surface area contributed by atoms with Gasteiger partial charge in [0.2, 0.25) is 0 Å². The summed E-state index contributed by atoms with van der Waals surface area (Å²) in [7, 11) is 6.35. The molecule has 0 radical (unpaired) electrons. The molecule has 136 valence electrons. The molecule has 2 aromatic carbocycles. The minimum atomic E-state index is -0.145. The Morgan fingerprint density at radius 3 is 2.12 bits per heavy atom. The first-order chi connectivity index (χ1) is 11.4. The molecule has 1 atom stereocenters. The molecule has 0 amide bonds. The number of Topliss-reactive ketones (excluding diaryl/α,β-unsaturated/α-hetero) is 1. The molecular weight excluding hydrogens is 425 g/mol. The molecule has 0 saturated carbocycles. The van der Waals surface area contributed by atoms with Crippen LogP contribution in [0.4, 0.5) is 0 Å². The van der Waals surface area contributed by atoms with Crippen molar-refractivity contribution >= 4 is 5.78 Å². The van der Waals surface area contributed by atoms with Crippen molar-refractivity contribution in [1.29, 1.82) is 0 Å². The highest BCUT2D eigenvalue weighted by Crippen LogP contribution is 2.24. The Morgan fingerprint density at radius 2 is 1.60 bits per heavy atom. The summed E-state index contributed by atoms with van der Waals surface area (Å²) in [5, 5.41) is 0. The number of hydrogen-bond donors (Lipinski definition) is 0. The lowest BCUT2D eigenvalue weighted by Crippen LogP contribution is -3.00. The van der Waals surface area contributed by atoms with Crippen molar-refractivity contribution < 1.29 is 38.0 Å². The molecule has 0 saturated heterocycles. The lowest BCUT2D eigenvalue weighted by Gasteiger charge is -2.29. The first-order valence-corrected chi connectivity index (χ1v) is 8.53. The van der Waals surface area contributed by atoms with E-state index in [9.17, 15) is 4.79 Å². The number of ketones is 1. The highest BCUT2D eigenvalue weighted by Gasteiger charge is 2.27. The summed E-state index contributed by atoms with van der Waals surface area (Å²) in [5.41, 5.74) is 1.81. The number of rotatable bonds is 8. The molecular formula is C21H28INO2. The number of halogens is 1. The Hall–Kier alpha value is -1.40. The Morgan fingerprint density at radius 1 is 1.00 bits per heavy atom. The van der Waals surface area contributed by atoms with E-state index in [0.29, 0.717) is 6.61 Å². The molecule has 25 heavy (non-hydrogen) atoms. The number of carbonyl (C=O) groups excluding carboxylic acids is 1. The zero-order valence-corrected chi connectivity index (χ0v) is 17.7. The molecule has 0 aliphatic carbocycles. The van der Waals surface area contributed by atoms with Gasteiger partial charge in [0, 0.05) is 5.56 Å². The van der Waals surface area contributed by atoms with Gasteiger partial charge in [-0.25, -0.2) is 0 Å². The zero-order chi connectivity index (χ0) is 17.6. The molecule has 3 nitrogen and oxygen atoms in total. The van der Waals surface area contributed by atoms with E-state index in [1.165, 1.54) is 0 Å². The minimum Gasteiger partial charge on any atom is -1.00 e. The predicted octanol–water partition coefficient (Wildman–Crippen LogP) is 1.15. The van der Waals surface area contributed by atoms with E-state index in [-0.39, 0.29) is 35.7 Å². The topological polar surface area (TPSA) is 26.3 Å². The summed E-state index contributed by atoms with van der Waals surface area (Å²) in [4.78, 5) is 13.1. The van der Waals surface area contributed by atoms with Crippen LogP contribution in [-0.2, 0) is 0 Å². The van der Waals surface area contributed by atoms with E-state index in [2.05, 4.69) is 28.1 Å². The molecule has 2 rings (SSSR count). The third kappa shape index (κ3) is 6.78. The number of likely N-dealkylation sites (N-methyl/N-ethyl adjacent to an activating group) is 1. The van der Waals surface area contributed by atoms with Gasteiger partial charge >= 0.3 is 0 Å². The third-order valence-corrected chi connectivity index (χ3v) is 3.86. The average Bonchev–Trinajstić information content (AvgIpc) is 2.58. The van der Waals surface area contributed by atoms with Crippen LogP contribution < -0.4 is 28.7 Å². The van der Waals surface area contributed by atoms with Crippen LogP contribution in [0.3, 0.4) is 0 Å². The number of ether oxygens (including phenoxy) is 1. The van der Waals surface area contributed by atoms with E-state index in [4.69, 9.17) is 4.74 Å². The van der Waals surface area contributed by atoms with Crippen molar-refractivity contribution in [2.45, 2.75) is 19.3 Å². The van der Waals surface area contributed by atoms with Crippen molar-refractivity contribution in [1.82, 2.24) is 0 Å². The summed E-state index contributed by atoms with van der Waals surface area (Å²) in [6.07, 6.45) is 0.972. The Labute approximate surface area is 168 Å². The van der Waals surface area contributed by atoms with E-state index in [0.717, 1.165) is 34.3 Å². The highest BCUT2D eigenvalue weighted by atomic mass is 127. The number of carbonyl (C=O) groups is 1. The maximum absolute atomic E-state index is 13.1. The summed E-state index contributed by atoms with van der Waals surface area (Å²) in [6.45, 7) is 3.53. The fraction of sp³-hybridized carbons (Fsp3) is 0.381. The first kappa shape index (κ1) is 21.6. The molecule has 0 aromatic heterocycles. The van der Waals surface area contributed by atoms with Crippen LogP contribution in [-0.4, -0.2) is 44.6 Å². The van der Waals surface area contributed by atoms with Crippen LogP contribution in [0.15, 0.2) is 54.6 Å². The van der Waals surface area contributed by atoms with Gasteiger partial charge in [-0.1, -0.05) is 37.3 Å². The van der Waals surface area contributed by atoms with Crippen molar-refractivity contribution in [2.75, 3.05) is 34.3 Å². The molecule has 0 spiro atoms. The first-order valence-electron chi connectivity index (χ1n) is 8.53. The van der Waals surface area contributed by atoms with E-state index < -0.39 is 0 Å². The molecule has 0 aliphatic heterocycles. The third-order valence-electron chi connectivity index (χ3n) is 3.86. The Bertz CT molecular complexity index is 648. The smallest absolute Gasteiger partial charge is 0.175 e. The quantitative estimate of drug-likeness (QED) is 0.341. The number of nitrogens with zero attached hydrogens (tertiary/aromatic N) is 1. The van der Waals surface area contributed by atoms with Gasteiger partial charge < -0.3 is 33.2 Å². The minimum absolute atomic E-state index is 0. The van der Waals surface area contributed by atoms with Crippen LogP contribution in [0.5, 0.6) is 5.75 Å². The highest BCUT2D eigenvalue weighted by molar-refractivity contribution is 6.01. The molecule has 0 bridgehead atoms. The number of hydrogen-bond acceptors (Lipinski definition) is 2. The molecule has 0 N–H and O–H groups in total.